The average Bonchev–Trinajstić information content (AvgIpc) is 2.55. The predicted octanol–water partition coefficient (Wildman–Crippen LogP) is 3.28. The highest BCUT2D eigenvalue weighted by Gasteiger charge is 2.20. The van der Waals surface area contributed by atoms with Crippen molar-refractivity contribution < 1.29 is 0 Å². The first kappa shape index (κ1) is 15.0. The fourth-order valence-electron chi connectivity index (χ4n) is 3.10. The van der Waals surface area contributed by atoms with Gasteiger partial charge in [-0.15, -0.1) is 0 Å². The van der Waals surface area contributed by atoms with Gasteiger partial charge in [0, 0.05) is 12.1 Å². The van der Waals surface area contributed by atoms with E-state index in [9.17, 15) is 0 Å². The van der Waals surface area contributed by atoms with Crippen molar-refractivity contribution in [2.75, 3.05) is 20.1 Å². The Morgan fingerprint density at radius 2 is 2.00 bits per heavy atom. The molecule has 2 heteroatoms. The van der Waals surface area contributed by atoms with Gasteiger partial charge >= 0.3 is 0 Å². The molecule has 1 aliphatic rings. The molecule has 3 atom stereocenters. The SMILES string of the molecule is CCCC1CCCN(C(C)CC(C)NC)CC1. The molecule has 3 unspecified atom stereocenters. The first-order valence-electron chi connectivity index (χ1n) is 7.58. The van der Waals surface area contributed by atoms with E-state index < -0.39 is 0 Å². The molecule has 0 bridgehead atoms. The molecular weight excluding hydrogens is 208 g/mol. The standard InChI is InChI=1S/C15H32N2/c1-5-7-15-8-6-10-17(11-9-15)14(3)12-13(2)16-4/h13-16H,5-12H2,1-4H3. The minimum atomic E-state index is 0.639. The number of hydrogen-bond donors (Lipinski definition) is 1. The van der Waals surface area contributed by atoms with Gasteiger partial charge in [0.05, 0.1) is 0 Å². The molecule has 1 rings (SSSR count). The van der Waals surface area contributed by atoms with E-state index in [1.165, 1.54) is 51.6 Å². The molecule has 0 radical (unpaired) electrons. The van der Waals surface area contributed by atoms with Crippen molar-refractivity contribution in [1.29, 1.82) is 0 Å². The monoisotopic (exact) mass is 240 g/mol. The highest BCUT2D eigenvalue weighted by Crippen LogP contribution is 2.23. The van der Waals surface area contributed by atoms with Crippen LogP contribution in [0.25, 0.3) is 0 Å². The maximum Gasteiger partial charge on any atom is 0.00816 e. The van der Waals surface area contributed by atoms with E-state index in [1.54, 1.807) is 0 Å². The van der Waals surface area contributed by atoms with Gasteiger partial charge in [-0.3, -0.25) is 0 Å². The summed E-state index contributed by atoms with van der Waals surface area (Å²) >= 11 is 0. The minimum Gasteiger partial charge on any atom is -0.317 e. The van der Waals surface area contributed by atoms with Crippen LogP contribution in [0.15, 0.2) is 0 Å². The van der Waals surface area contributed by atoms with Crippen molar-refractivity contribution in [2.45, 2.75) is 71.4 Å². The van der Waals surface area contributed by atoms with Gasteiger partial charge in [-0.05, 0) is 65.6 Å². The number of hydrogen-bond acceptors (Lipinski definition) is 2. The van der Waals surface area contributed by atoms with Crippen LogP contribution in [0.1, 0.15) is 59.3 Å². The maximum atomic E-state index is 3.35. The second kappa shape index (κ2) is 8.10. The summed E-state index contributed by atoms with van der Waals surface area (Å²) in [7, 11) is 2.07. The summed E-state index contributed by atoms with van der Waals surface area (Å²) in [6.07, 6.45) is 8.36. The van der Waals surface area contributed by atoms with E-state index in [-0.39, 0.29) is 0 Å². The van der Waals surface area contributed by atoms with Gasteiger partial charge in [0.25, 0.3) is 0 Å². The molecule has 1 N–H and O–H groups in total. The summed E-state index contributed by atoms with van der Waals surface area (Å²) in [5.74, 6) is 0.999. The zero-order chi connectivity index (χ0) is 12.7. The zero-order valence-corrected chi connectivity index (χ0v) is 12.3. The van der Waals surface area contributed by atoms with Crippen LogP contribution in [0.5, 0.6) is 0 Å². The zero-order valence-electron chi connectivity index (χ0n) is 12.3. The first-order valence-corrected chi connectivity index (χ1v) is 7.58. The third-order valence-electron chi connectivity index (χ3n) is 4.39. The van der Waals surface area contributed by atoms with Crippen LogP contribution in [-0.2, 0) is 0 Å². The number of rotatable bonds is 6. The highest BCUT2D eigenvalue weighted by atomic mass is 15.2. The molecule has 1 heterocycles. The van der Waals surface area contributed by atoms with E-state index in [0.717, 1.165) is 12.0 Å². The Bertz CT molecular complexity index is 193. The van der Waals surface area contributed by atoms with Gasteiger partial charge in [0.15, 0.2) is 0 Å². The van der Waals surface area contributed by atoms with Crippen molar-refractivity contribution in [3.63, 3.8) is 0 Å². The van der Waals surface area contributed by atoms with Gasteiger partial charge in [0.2, 0.25) is 0 Å². The number of nitrogens with zero attached hydrogens (tertiary/aromatic N) is 1. The van der Waals surface area contributed by atoms with E-state index in [2.05, 4.69) is 38.0 Å². The summed E-state index contributed by atoms with van der Waals surface area (Å²) in [4.78, 5) is 2.71. The average molecular weight is 240 g/mol. The Morgan fingerprint density at radius 3 is 2.65 bits per heavy atom. The smallest absolute Gasteiger partial charge is 0.00816 e. The summed E-state index contributed by atoms with van der Waals surface area (Å²) < 4.78 is 0. The van der Waals surface area contributed by atoms with Crippen molar-refractivity contribution in [2.24, 2.45) is 5.92 Å². The molecular formula is C15H32N2. The molecule has 1 fully saturated rings. The van der Waals surface area contributed by atoms with Crippen molar-refractivity contribution >= 4 is 0 Å². The molecule has 0 aromatic heterocycles. The van der Waals surface area contributed by atoms with E-state index in [1.807, 2.05) is 0 Å². The Labute approximate surface area is 108 Å². The molecule has 0 aliphatic carbocycles. The van der Waals surface area contributed by atoms with Crippen LogP contribution in [0, 0.1) is 5.92 Å². The Kier molecular flexibility index (Phi) is 7.14. The Morgan fingerprint density at radius 1 is 1.24 bits per heavy atom. The van der Waals surface area contributed by atoms with E-state index >= 15 is 0 Å². The molecule has 0 amide bonds. The van der Waals surface area contributed by atoms with Crippen LogP contribution >= 0.6 is 0 Å². The second-order valence-electron chi connectivity index (χ2n) is 5.90. The summed E-state index contributed by atoms with van der Waals surface area (Å²) in [5, 5.41) is 3.35. The van der Waals surface area contributed by atoms with Crippen molar-refractivity contribution in [3.05, 3.63) is 0 Å². The molecule has 17 heavy (non-hydrogen) atoms. The van der Waals surface area contributed by atoms with Crippen molar-refractivity contribution in [3.8, 4) is 0 Å². The van der Waals surface area contributed by atoms with Crippen LogP contribution in [-0.4, -0.2) is 37.1 Å². The van der Waals surface area contributed by atoms with E-state index in [4.69, 9.17) is 0 Å². The summed E-state index contributed by atoms with van der Waals surface area (Å²) in [6, 6.07) is 1.37. The fraction of sp³-hybridized carbons (Fsp3) is 1.00. The number of nitrogens with one attached hydrogen (secondary N) is 1. The molecule has 2 nitrogen and oxygen atoms in total. The topological polar surface area (TPSA) is 15.3 Å². The lowest BCUT2D eigenvalue weighted by Crippen LogP contribution is -2.38. The summed E-state index contributed by atoms with van der Waals surface area (Å²) in [6.45, 7) is 9.64. The number of likely N-dealkylation sites (tertiary alicyclic amines) is 1. The Hall–Kier alpha value is -0.0800. The normalized spacial score (nSPS) is 26.5. The molecule has 0 aromatic carbocycles. The second-order valence-corrected chi connectivity index (χ2v) is 5.90. The first-order chi connectivity index (χ1) is 8.17. The predicted molar refractivity (Wildman–Crippen MR) is 76.4 cm³/mol. The third kappa shape index (κ3) is 5.39. The maximum absolute atomic E-state index is 3.35. The largest absolute Gasteiger partial charge is 0.317 e. The van der Waals surface area contributed by atoms with Crippen LogP contribution < -0.4 is 5.32 Å². The molecule has 0 aromatic rings. The van der Waals surface area contributed by atoms with Gasteiger partial charge in [0.1, 0.15) is 0 Å². The van der Waals surface area contributed by atoms with Crippen LogP contribution in [0.2, 0.25) is 0 Å². The van der Waals surface area contributed by atoms with E-state index in [0.29, 0.717) is 6.04 Å². The summed E-state index contributed by atoms with van der Waals surface area (Å²) in [5.41, 5.74) is 0. The van der Waals surface area contributed by atoms with Gasteiger partial charge in [-0.1, -0.05) is 19.8 Å². The quantitative estimate of drug-likeness (QED) is 0.766. The lowest BCUT2D eigenvalue weighted by atomic mass is 9.96. The molecule has 1 aliphatic heterocycles. The van der Waals surface area contributed by atoms with Gasteiger partial charge in [-0.2, -0.15) is 0 Å². The fourth-order valence-corrected chi connectivity index (χ4v) is 3.10. The van der Waals surface area contributed by atoms with Gasteiger partial charge < -0.3 is 10.2 Å². The lowest BCUT2D eigenvalue weighted by Gasteiger charge is -2.29. The van der Waals surface area contributed by atoms with Crippen molar-refractivity contribution in [1.82, 2.24) is 10.2 Å². The molecule has 0 spiro atoms. The minimum absolute atomic E-state index is 0.639. The highest BCUT2D eigenvalue weighted by molar-refractivity contribution is 4.76. The third-order valence-corrected chi connectivity index (χ3v) is 4.39. The molecule has 0 saturated carbocycles. The van der Waals surface area contributed by atoms with Crippen LogP contribution in [0.4, 0.5) is 0 Å². The molecule has 102 valence electrons. The Balaban J connectivity index is 2.34. The van der Waals surface area contributed by atoms with Crippen LogP contribution in [0.3, 0.4) is 0 Å². The molecule has 1 saturated heterocycles. The van der Waals surface area contributed by atoms with Gasteiger partial charge in [-0.25, -0.2) is 0 Å². The lowest BCUT2D eigenvalue weighted by molar-refractivity contribution is 0.194.